The second-order valence-corrected chi connectivity index (χ2v) is 5.36. The third-order valence-corrected chi connectivity index (χ3v) is 2.89. The average molecular weight is 280 g/mol. The summed E-state index contributed by atoms with van der Waals surface area (Å²) in [5.74, 6) is 3.26. The number of rotatable bonds is 9. The normalized spacial score (nSPS) is 10.9. The van der Waals surface area contributed by atoms with Crippen LogP contribution in [-0.4, -0.2) is 36.8 Å². The van der Waals surface area contributed by atoms with E-state index in [1.54, 1.807) is 0 Å². The maximum absolute atomic E-state index is 5.57. The first kappa shape index (κ1) is 16.7. The predicted octanol–water partition coefficient (Wildman–Crippen LogP) is 2.86. The number of aromatic nitrogens is 2. The van der Waals surface area contributed by atoms with Crippen LogP contribution >= 0.6 is 0 Å². The average Bonchev–Trinajstić information content (AvgIpc) is 2.41. The zero-order valence-electron chi connectivity index (χ0n) is 13.4. The Kier molecular flexibility index (Phi) is 7.30. The molecule has 0 atom stereocenters. The first-order valence-electron chi connectivity index (χ1n) is 7.45. The topological polar surface area (TPSA) is 59.1 Å². The minimum absolute atomic E-state index is 0.572. The summed E-state index contributed by atoms with van der Waals surface area (Å²) in [6, 6.07) is 0. The molecule has 0 aliphatic carbocycles. The van der Waals surface area contributed by atoms with Gasteiger partial charge in [0.05, 0.1) is 6.61 Å². The molecule has 0 aliphatic heterocycles. The SMILES string of the molecule is CCCc1nc(NC)c(C)c(NCCOCC(C)C)n1. The van der Waals surface area contributed by atoms with E-state index in [2.05, 4.69) is 41.4 Å². The van der Waals surface area contributed by atoms with Crippen LogP contribution in [0.2, 0.25) is 0 Å². The molecule has 0 aliphatic rings. The number of hydrogen-bond acceptors (Lipinski definition) is 5. The van der Waals surface area contributed by atoms with Crippen molar-refractivity contribution in [3.63, 3.8) is 0 Å². The van der Waals surface area contributed by atoms with Crippen molar-refractivity contribution >= 4 is 11.6 Å². The lowest BCUT2D eigenvalue weighted by Gasteiger charge is -2.14. The predicted molar refractivity (Wildman–Crippen MR) is 84.5 cm³/mol. The molecule has 1 rings (SSSR count). The molecule has 1 aromatic heterocycles. The lowest BCUT2D eigenvalue weighted by Crippen LogP contribution is -2.15. The van der Waals surface area contributed by atoms with Crippen molar-refractivity contribution in [2.75, 3.05) is 37.4 Å². The van der Waals surface area contributed by atoms with E-state index in [-0.39, 0.29) is 0 Å². The van der Waals surface area contributed by atoms with E-state index in [0.717, 1.165) is 49.0 Å². The molecule has 5 heteroatoms. The fourth-order valence-corrected chi connectivity index (χ4v) is 1.87. The summed E-state index contributed by atoms with van der Waals surface area (Å²) in [4.78, 5) is 9.10. The van der Waals surface area contributed by atoms with Crippen LogP contribution in [-0.2, 0) is 11.2 Å². The molecular formula is C15H28N4O. The first-order valence-corrected chi connectivity index (χ1v) is 7.45. The standard InChI is InChI=1S/C15H28N4O/c1-6-7-13-18-14(16-5)12(4)15(19-13)17-8-9-20-10-11(2)3/h11H,6-10H2,1-5H3,(H2,16,17,18,19). The van der Waals surface area contributed by atoms with Gasteiger partial charge in [0, 0.05) is 32.2 Å². The highest BCUT2D eigenvalue weighted by Gasteiger charge is 2.09. The minimum Gasteiger partial charge on any atom is -0.379 e. The Labute approximate surface area is 122 Å². The molecule has 20 heavy (non-hydrogen) atoms. The highest BCUT2D eigenvalue weighted by Crippen LogP contribution is 2.19. The van der Waals surface area contributed by atoms with E-state index in [1.807, 2.05) is 14.0 Å². The Bertz CT molecular complexity index is 407. The molecule has 0 saturated heterocycles. The maximum Gasteiger partial charge on any atom is 0.134 e. The number of hydrogen-bond donors (Lipinski definition) is 2. The summed E-state index contributed by atoms with van der Waals surface area (Å²) in [6.45, 7) is 10.7. The molecule has 0 radical (unpaired) electrons. The summed E-state index contributed by atoms with van der Waals surface area (Å²) in [6.07, 6.45) is 1.94. The zero-order valence-corrected chi connectivity index (χ0v) is 13.4. The summed E-state index contributed by atoms with van der Waals surface area (Å²) < 4.78 is 5.57. The highest BCUT2D eigenvalue weighted by molar-refractivity contribution is 5.56. The minimum atomic E-state index is 0.572. The van der Waals surface area contributed by atoms with E-state index in [4.69, 9.17) is 4.74 Å². The number of nitrogens with zero attached hydrogens (tertiary/aromatic N) is 2. The highest BCUT2D eigenvalue weighted by atomic mass is 16.5. The van der Waals surface area contributed by atoms with Gasteiger partial charge in [-0.15, -0.1) is 0 Å². The van der Waals surface area contributed by atoms with E-state index < -0.39 is 0 Å². The zero-order chi connectivity index (χ0) is 15.0. The van der Waals surface area contributed by atoms with Crippen molar-refractivity contribution in [2.45, 2.75) is 40.5 Å². The van der Waals surface area contributed by atoms with Gasteiger partial charge in [-0.2, -0.15) is 0 Å². The van der Waals surface area contributed by atoms with Crippen LogP contribution in [0.3, 0.4) is 0 Å². The van der Waals surface area contributed by atoms with Crippen LogP contribution in [0, 0.1) is 12.8 Å². The molecule has 0 fully saturated rings. The Morgan fingerprint density at radius 3 is 2.50 bits per heavy atom. The van der Waals surface area contributed by atoms with Crippen LogP contribution in [0.1, 0.15) is 38.6 Å². The Hall–Kier alpha value is -1.36. The van der Waals surface area contributed by atoms with Gasteiger partial charge in [-0.05, 0) is 19.3 Å². The third kappa shape index (κ3) is 5.33. The van der Waals surface area contributed by atoms with Gasteiger partial charge < -0.3 is 15.4 Å². The van der Waals surface area contributed by atoms with Crippen molar-refractivity contribution in [2.24, 2.45) is 5.92 Å². The Morgan fingerprint density at radius 1 is 1.20 bits per heavy atom. The summed E-state index contributed by atoms with van der Waals surface area (Å²) in [5.41, 5.74) is 1.05. The van der Waals surface area contributed by atoms with Crippen LogP contribution in [0.5, 0.6) is 0 Å². The van der Waals surface area contributed by atoms with Gasteiger partial charge in [0.1, 0.15) is 17.5 Å². The van der Waals surface area contributed by atoms with Crippen LogP contribution in [0.25, 0.3) is 0 Å². The van der Waals surface area contributed by atoms with Crippen molar-refractivity contribution < 1.29 is 4.74 Å². The van der Waals surface area contributed by atoms with E-state index in [1.165, 1.54) is 0 Å². The van der Waals surface area contributed by atoms with Gasteiger partial charge in [-0.3, -0.25) is 0 Å². The smallest absolute Gasteiger partial charge is 0.134 e. The quantitative estimate of drug-likeness (QED) is 0.681. The molecule has 0 bridgehead atoms. The Morgan fingerprint density at radius 2 is 1.90 bits per heavy atom. The van der Waals surface area contributed by atoms with Crippen molar-refractivity contribution in [3.05, 3.63) is 11.4 Å². The summed E-state index contributed by atoms with van der Waals surface area (Å²) >= 11 is 0. The molecule has 114 valence electrons. The van der Waals surface area contributed by atoms with Crippen LogP contribution < -0.4 is 10.6 Å². The second kappa shape index (κ2) is 8.74. The Balaban J connectivity index is 2.61. The molecule has 0 spiro atoms. The van der Waals surface area contributed by atoms with Crippen LogP contribution in [0.4, 0.5) is 11.6 Å². The number of anilines is 2. The van der Waals surface area contributed by atoms with Crippen LogP contribution in [0.15, 0.2) is 0 Å². The summed E-state index contributed by atoms with van der Waals surface area (Å²) in [7, 11) is 1.89. The summed E-state index contributed by atoms with van der Waals surface area (Å²) in [5, 5.41) is 6.47. The van der Waals surface area contributed by atoms with E-state index in [0.29, 0.717) is 12.5 Å². The lowest BCUT2D eigenvalue weighted by molar-refractivity contribution is 0.118. The monoisotopic (exact) mass is 280 g/mol. The second-order valence-electron chi connectivity index (χ2n) is 5.36. The van der Waals surface area contributed by atoms with Crippen molar-refractivity contribution in [3.8, 4) is 0 Å². The molecule has 0 unspecified atom stereocenters. The third-order valence-electron chi connectivity index (χ3n) is 2.89. The molecule has 2 N–H and O–H groups in total. The molecule has 5 nitrogen and oxygen atoms in total. The van der Waals surface area contributed by atoms with Crippen molar-refractivity contribution in [1.82, 2.24) is 9.97 Å². The van der Waals surface area contributed by atoms with Gasteiger partial charge >= 0.3 is 0 Å². The molecular weight excluding hydrogens is 252 g/mol. The molecule has 0 saturated carbocycles. The fraction of sp³-hybridized carbons (Fsp3) is 0.733. The van der Waals surface area contributed by atoms with Gasteiger partial charge in [0.15, 0.2) is 0 Å². The molecule has 1 heterocycles. The van der Waals surface area contributed by atoms with Gasteiger partial charge in [0.2, 0.25) is 0 Å². The van der Waals surface area contributed by atoms with Gasteiger partial charge in [-0.25, -0.2) is 9.97 Å². The first-order chi connectivity index (χ1) is 9.58. The lowest BCUT2D eigenvalue weighted by atomic mass is 10.2. The number of nitrogens with one attached hydrogen (secondary N) is 2. The van der Waals surface area contributed by atoms with Gasteiger partial charge in [-0.1, -0.05) is 20.8 Å². The molecule has 1 aromatic rings. The number of aryl methyl sites for hydroxylation is 1. The van der Waals surface area contributed by atoms with E-state index >= 15 is 0 Å². The molecule has 0 amide bonds. The van der Waals surface area contributed by atoms with Gasteiger partial charge in [0.25, 0.3) is 0 Å². The van der Waals surface area contributed by atoms with Crippen molar-refractivity contribution in [1.29, 1.82) is 0 Å². The largest absolute Gasteiger partial charge is 0.379 e. The molecule has 0 aromatic carbocycles. The van der Waals surface area contributed by atoms with E-state index in [9.17, 15) is 0 Å². The maximum atomic E-state index is 5.57. The fourth-order valence-electron chi connectivity index (χ4n) is 1.87. The number of ether oxygens (including phenoxy) is 1.